The van der Waals surface area contributed by atoms with E-state index in [0.717, 1.165) is 24.0 Å². The van der Waals surface area contributed by atoms with Gasteiger partial charge in [-0.2, -0.15) is 13.2 Å². The lowest BCUT2D eigenvalue weighted by Crippen LogP contribution is -2.45. The monoisotopic (exact) mass is 446 g/mol. The van der Waals surface area contributed by atoms with Crippen LogP contribution in [0, 0.1) is 0 Å². The van der Waals surface area contributed by atoms with Gasteiger partial charge in [0, 0.05) is 24.6 Å². The summed E-state index contributed by atoms with van der Waals surface area (Å²) >= 11 is 0. The summed E-state index contributed by atoms with van der Waals surface area (Å²) in [6, 6.07) is 13.1. The van der Waals surface area contributed by atoms with Gasteiger partial charge in [-0.1, -0.05) is 30.3 Å². The van der Waals surface area contributed by atoms with Crippen LogP contribution in [0.25, 0.3) is 0 Å². The number of nitrogens with one attached hydrogen (secondary N) is 1. The number of ether oxygens (including phenoxy) is 1. The largest absolute Gasteiger partial charge is 0.448 e. The fraction of sp³-hybridized carbons (Fsp3) is 0.348. The van der Waals surface area contributed by atoms with Crippen molar-refractivity contribution in [1.82, 2.24) is 10.2 Å². The van der Waals surface area contributed by atoms with Gasteiger partial charge >= 0.3 is 12.1 Å². The molecule has 4 rings (SSSR count). The zero-order chi connectivity index (χ0) is 22.9. The average Bonchev–Trinajstić information content (AvgIpc) is 3.60. The topological polar surface area (TPSA) is 75.7 Å². The number of amides is 2. The van der Waals surface area contributed by atoms with Crippen molar-refractivity contribution in [2.45, 2.75) is 44.1 Å². The second-order valence-corrected chi connectivity index (χ2v) is 7.95. The molecule has 9 heteroatoms. The van der Waals surface area contributed by atoms with Crippen LogP contribution < -0.4 is 5.32 Å². The molecular weight excluding hydrogens is 425 g/mol. The van der Waals surface area contributed by atoms with Crippen LogP contribution in [0.4, 0.5) is 13.2 Å². The van der Waals surface area contributed by atoms with E-state index in [-0.39, 0.29) is 24.1 Å². The lowest BCUT2D eigenvalue weighted by atomic mass is 9.98. The SMILES string of the molecule is O=C(NCC(F)(F)F)c1ccc(CN(C(=O)[C@@H]2Cc3ccccc3C(=O)O2)C2CC2)cc1. The van der Waals surface area contributed by atoms with Crippen molar-refractivity contribution in [3.8, 4) is 0 Å². The average molecular weight is 446 g/mol. The summed E-state index contributed by atoms with van der Waals surface area (Å²) in [4.78, 5) is 39.0. The van der Waals surface area contributed by atoms with Crippen molar-refractivity contribution in [2.24, 2.45) is 0 Å². The molecule has 6 nitrogen and oxygen atoms in total. The molecule has 32 heavy (non-hydrogen) atoms. The van der Waals surface area contributed by atoms with Gasteiger partial charge in [0.05, 0.1) is 5.56 Å². The van der Waals surface area contributed by atoms with Crippen LogP contribution in [0.5, 0.6) is 0 Å². The van der Waals surface area contributed by atoms with Crippen LogP contribution in [0.3, 0.4) is 0 Å². The van der Waals surface area contributed by atoms with Gasteiger partial charge in [-0.05, 0) is 42.2 Å². The quantitative estimate of drug-likeness (QED) is 0.692. The molecule has 2 amide bonds. The van der Waals surface area contributed by atoms with E-state index < -0.39 is 30.7 Å². The van der Waals surface area contributed by atoms with Gasteiger partial charge in [0.15, 0.2) is 6.10 Å². The third-order valence-corrected chi connectivity index (χ3v) is 5.46. The second kappa shape index (κ2) is 8.64. The van der Waals surface area contributed by atoms with Crippen molar-refractivity contribution in [1.29, 1.82) is 0 Å². The van der Waals surface area contributed by atoms with Gasteiger partial charge in [-0.3, -0.25) is 9.59 Å². The summed E-state index contributed by atoms with van der Waals surface area (Å²) in [7, 11) is 0. The Morgan fingerprint density at radius 1 is 1.06 bits per heavy atom. The first-order valence-electron chi connectivity index (χ1n) is 10.2. The van der Waals surface area contributed by atoms with Gasteiger partial charge in [-0.25, -0.2) is 4.79 Å². The van der Waals surface area contributed by atoms with Crippen LogP contribution >= 0.6 is 0 Å². The zero-order valence-electron chi connectivity index (χ0n) is 17.0. The van der Waals surface area contributed by atoms with Gasteiger partial charge in [0.25, 0.3) is 11.8 Å². The molecule has 1 saturated carbocycles. The molecule has 0 radical (unpaired) electrons. The number of nitrogens with zero attached hydrogens (tertiary/aromatic N) is 1. The summed E-state index contributed by atoms with van der Waals surface area (Å²) in [6.45, 7) is -1.15. The molecule has 1 aliphatic carbocycles. The molecular formula is C23H21F3N2O4. The number of hydrogen-bond donors (Lipinski definition) is 1. The predicted octanol–water partition coefficient (Wildman–Crippen LogP) is 3.25. The number of alkyl halides is 3. The lowest BCUT2D eigenvalue weighted by Gasteiger charge is -2.30. The molecule has 1 fully saturated rings. The summed E-state index contributed by atoms with van der Waals surface area (Å²) < 4.78 is 42.2. The van der Waals surface area contributed by atoms with Crippen molar-refractivity contribution < 1.29 is 32.3 Å². The normalized spacial score (nSPS) is 17.8. The number of benzene rings is 2. The number of halogens is 3. The van der Waals surface area contributed by atoms with Gasteiger partial charge in [-0.15, -0.1) is 0 Å². The molecule has 0 unspecified atom stereocenters. The smallest absolute Gasteiger partial charge is 0.405 e. The number of carbonyl (C=O) groups is 3. The fourth-order valence-electron chi connectivity index (χ4n) is 3.67. The molecule has 168 valence electrons. The van der Waals surface area contributed by atoms with E-state index in [0.29, 0.717) is 12.0 Å². The Balaban J connectivity index is 1.42. The van der Waals surface area contributed by atoms with Crippen molar-refractivity contribution in [2.75, 3.05) is 6.54 Å². The maximum Gasteiger partial charge on any atom is 0.405 e. The van der Waals surface area contributed by atoms with E-state index in [2.05, 4.69) is 0 Å². The van der Waals surface area contributed by atoms with Crippen LogP contribution in [0.2, 0.25) is 0 Å². The van der Waals surface area contributed by atoms with Crippen molar-refractivity contribution >= 4 is 17.8 Å². The minimum absolute atomic E-state index is 0.0492. The van der Waals surface area contributed by atoms with E-state index in [9.17, 15) is 27.6 Å². The fourth-order valence-corrected chi connectivity index (χ4v) is 3.67. The number of rotatable bonds is 6. The zero-order valence-corrected chi connectivity index (χ0v) is 17.0. The van der Waals surface area contributed by atoms with Crippen LogP contribution in [0.1, 0.15) is 44.7 Å². The maximum atomic E-state index is 13.2. The highest BCUT2D eigenvalue weighted by Crippen LogP contribution is 2.31. The molecule has 1 aliphatic heterocycles. The number of esters is 1. The van der Waals surface area contributed by atoms with Gasteiger partial charge in [0.1, 0.15) is 6.54 Å². The first-order valence-corrected chi connectivity index (χ1v) is 10.2. The summed E-state index contributed by atoms with van der Waals surface area (Å²) in [6.07, 6.45) is -3.38. The third kappa shape index (κ3) is 5.09. The van der Waals surface area contributed by atoms with E-state index in [1.54, 1.807) is 35.2 Å². The summed E-state index contributed by atoms with van der Waals surface area (Å²) in [5.74, 6) is -1.62. The van der Waals surface area contributed by atoms with Crippen LogP contribution in [0.15, 0.2) is 48.5 Å². The predicted molar refractivity (Wildman–Crippen MR) is 108 cm³/mol. The lowest BCUT2D eigenvalue weighted by molar-refractivity contribution is -0.142. The minimum atomic E-state index is -4.48. The minimum Gasteiger partial charge on any atom is -0.448 e. The first-order chi connectivity index (χ1) is 15.2. The molecule has 2 aliphatic rings. The standard InChI is InChI=1S/C23H21F3N2O4/c24-23(25,26)13-27-20(29)15-7-5-14(6-8-15)12-28(17-9-10-17)21(30)19-11-16-3-1-2-4-18(16)22(31)32-19/h1-8,17,19H,9-13H2,(H,27,29)/t19-/m0/s1. The summed E-state index contributed by atoms with van der Waals surface area (Å²) in [5.41, 5.74) is 2.06. The highest BCUT2D eigenvalue weighted by atomic mass is 19.4. The van der Waals surface area contributed by atoms with E-state index in [4.69, 9.17) is 4.74 Å². The van der Waals surface area contributed by atoms with Crippen LogP contribution in [-0.4, -0.2) is 47.6 Å². The van der Waals surface area contributed by atoms with Gasteiger partial charge < -0.3 is 15.0 Å². The Morgan fingerprint density at radius 2 is 1.75 bits per heavy atom. The summed E-state index contributed by atoms with van der Waals surface area (Å²) in [5, 5.41) is 1.82. The Bertz CT molecular complexity index is 1030. The van der Waals surface area contributed by atoms with Crippen molar-refractivity contribution in [3.63, 3.8) is 0 Å². The van der Waals surface area contributed by atoms with E-state index in [1.807, 2.05) is 11.4 Å². The number of cyclic esters (lactones) is 1. The number of carbonyl (C=O) groups excluding carboxylic acids is 3. The Morgan fingerprint density at radius 3 is 2.41 bits per heavy atom. The molecule has 2 aromatic carbocycles. The second-order valence-electron chi connectivity index (χ2n) is 7.95. The molecule has 0 spiro atoms. The molecule has 1 N–H and O–H groups in total. The first kappa shape index (κ1) is 21.9. The van der Waals surface area contributed by atoms with E-state index >= 15 is 0 Å². The molecule has 2 aromatic rings. The number of hydrogen-bond acceptors (Lipinski definition) is 4. The van der Waals surface area contributed by atoms with Crippen LogP contribution in [-0.2, 0) is 22.5 Å². The molecule has 0 bridgehead atoms. The maximum absolute atomic E-state index is 13.2. The Kier molecular flexibility index (Phi) is 5.90. The van der Waals surface area contributed by atoms with Crippen molar-refractivity contribution in [3.05, 3.63) is 70.8 Å². The van der Waals surface area contributed by atoms with E-state index in [1.165, 1.54) is 12.1 Å². The molecule has 1 atom stereocenters. The molecule has 1 heterocycles. The highest BCUT2D eigenvalue weighted by molar-refractivity contribution is 5.96. The number of fused-ring (bicyclic) bond motifs is 1. The molecule has 0 saturated heterocycles. The Hall–Kier alpha value is -3.36. The third-order valence-electron chi connectivity index (χ3n) is 5.46. The molecule has 0 aromatic heterocycles. The highest BCUT2D eigenvalue weighted by Gasteiger charge is 2.39. The van der Waals surface area contributed by atoms with Gasteiger partial charge in [0.2, 0.25) is 0 Å². The Labute approximate surface area is 182 Å².